The molecule has 4 aromatic rings. The number of nitriles is 1. The highest BCUT2D eigenvalue weighted by Gasteiger charge is 2.27. The molecule has 1 aromatic carbocycles. The molecule has 10 heteroatoms. The molecule has 3 N–H and O–H groups in total. The van der Waals surface area contributed by atoms with Gasteiger partial charge >= 0.3 is 0 Å². The Morgan fingerprint density at radius 3 is 2.68 bits per heavy atom. The lowest BCUT2D eigenvalue weighted by atomic mass is 10.1. The Labute approximate surface area is 216 Å². The van der Waals surface area contributed by atoms with Crippen molar-refractivity contribution in [2.75, 3.05) is 57.3 Å². The molecule has 0 unspecified atom stereocenters. The summed E-state index contributed by atoms with van der Waals surface area (Å²) in [6, 6.07) is 12.7. The molecule has 0 spiro atoms. The van der Waals surface area contributed by atoms with Gasteiger partial charge in [-0.3, -0.25) is 0 Å². The van der Waals surface area contributed by atoms with Crippen LogP contribution < -0.4 is 20.7 Å². The minimum atomic E-state index is 0.325. The third-order valence-corrected chi connectivity index (χ3v) is 6.53. The van der Waals surface area contributed by atoms with Crippen molar-refractivity contribution in [1.82, 2.24) is 24.4 Å². The minimum absolute atomic E-state index is 0.325. The van der Waals surface area contributed by atoms with Crippen molar-refractivity contribution in [1.29, 1.82) is 5.26 Å². The summed E-state index contributed by atoms with van der Waals surface area (Å²) in [4.78, 5) is 17.9. The van der Waals surface area contributed by atoms with Crippen LogP contribution in [0.5, 0.6) is 5.88 Å². The molecule has 5 rings (SSSR count). The Morgan fingerprint density at radius 1 is 1.19 bits per heavy atom. The average molecular weight is 498 g/mol. The van der Waals surface area contributed by atoms with Gasteiger partial charge in [-0.1, -0.05) is 18.2 Å². The van der Waals surface area contributed by atoms with Crippen molar-refractivity contribution in [3.63, 3.8) is 0 Å². The number of rotatable bonds is 9. The predicted octanol–water partition coefficient (Wildman–Crippen LogP) is 4.03. The molecule has 37 heavy (non-hydrogen) atoms. The van der Waals surface area contributed by atoms with Crippen LogP contribution in [0.25, 0.3) is 22.2 Å². The van der Waals surface area contributed by atoms with Crippen LogP contribution >= 0.6 is 0 Å². The van der Waals surface area contributed by atoms with Crippen LogP contribution in [0, 0.1) is 11.3 Å². The molecule has 1 fully saturated rings. The molecular formula is C27H31N9O. The highest BCUT2D eigenvalue weighted by molar-refractivity contribution is 5.96. The number of aromatic nitrogens is 4. The Bertz CT molecular complexity index is 1480. The van der Waals surface area contributed by atoms with Gasteiger partial charge in [-0.15, -0.1) is 0 Å². The first-order valence-electron chi connectivity index (χ1n) is 12.2. The van der Waals surface area contributed by atoms with Crippen LogP contribution in [-0.2, 0) is 0 Å². The zero-order valence-electron chi connectivity index (χ0n) is 21.6. The third-order valence-electron chi connectivity index (χ3n) is 6.53. The molecule has 1 aliphatic rings. The molecule has 0 aliphatic heterocycles. The summed E-state index contributed by atoms with van der Waals surface area (Å²) in [6.07, 6.45) is 5.97. The molecule has 0 radical (unpaired) electrons. The van der Waals surface area contributed by atoms with Crippen LogP contribution in [0.4, 0.5) is 23.1 Å². The second-order valence-corrected chi connectivity index (χ2v) is 9.57. The van der Waals surface area contributed by atoms with Gasteiger partial charge in [0, 0.05) is 48.8 Å². The number of pyridine rings is 1. The van der Waals surface area contributed by atoms with E-state index in [1.54, 1.807) is 19.4 Å². The van der Waals surface area contributed by atoms with Crippen LogP contribution in [-0.4, -0.2) is 65.8 Å². The summed E-state index contributed by atoms with van der Waals surface area (Å²) >= 11 is 0. The summed E-state index contributed by atoms with van der Waals surface area (Å²) in [5.41, 5.74) is 10.5. The smallest absolute Gasteiger partial charge is 0.239 e. The predicted molar refractivity (Wildman–Crippen MR) is 146 cm³/mol. The van der Waals surface area contributed by atoms with E-state index in [2.05, 4.69) is 49.2 Å². The van der Waals surface area contributed by atoms with Crippen molar-refractivity contribution >= 4 is 34.0 Å². The molecule has 0 saturated heterocycles. The SMILES string of the molecule is COc1nc(N(C)CCN(C)C)c(N)cc1Nc1ncc(C#N)c(-c2cn(C3CC3)c3ccccc23)n1. The van der Waals surface area contributed by atoms with E-state index < -0.39 is 0 Å². The van der Waals surface area contributed by atoms with Gasteiger partial charge in [0.1, 0.15) is 11.8 Å². The van der Waals surface area contributed by atoms with Crippen molar-refractivity contribution in [2.45, 2.75) is 18.9 Å². The second-order valence-electron chi connectivity index (χ2n) is 9.57. The zero-order valence-corrected chi connectivity index (χ0v) is 21.6. The molecular weight excluding hydrogens is 466 g/mol. The third kappa shape index (κ3) is 4.86. The maximum absolute atomic E-state index is 9.83. The Hall–Kier alpha value is -4.36. The number of ether oxygens (including phenoxy) is 1. The molecule has 0 amide bonds. The van der Waals surface area contributed by atoms with Gasteiger partial charge in [-0.05, 0) is 39.1 Å². The summed E-state index contributed by atoms with van der Waals surface area (Å²) in [7, 11) is 7.55. The van der Waals surface area contributed by atoms with Crippen molar-refractivity contribution in [2.24, 2.45) is 0 Å². The molecule has 0 atom stereocenters. The van der Waals surface area contributed by atoms with E-state index in [9.17, 15) is 5.26 Å². The standard InChI is InChI=1S/C27H31N9O/c1-34(2)11-12-35(3)25-21(29)13-22(26(33-25)37-4)31-27-30-15-17(14-28)24(32-27)20-16-36(18-9-10-18)23-8-6-5-7-19(20)23/h5-8,13,15-16,18H,9-12,29H2,1-4H3,(H,30,31,32). The van der Waals surface area contributed by atoms with Gasteiger partial charge in [0.25, 0.3) is 0 Å². The average Bonchev–Trinajstić information content (AvgIpc) is 3.67. The van der Waals surface area contributed by atoms with Gasteiger partial charge in [0.05, 0.1) is 30.3 Å². The zero-order chi connectivity index (χ0) is 26.1. The van der Waals surface area contributed by atoms with Crippen molar-refractivity contribution < 1.29 is 4.74 Å². The lowest BCUT2D eigenvalue weighted by Crippen LogP contribution is -2.29. The quantitative estimate of drug-likeness (QED) is 0.353. The number of likely N-dealkylation sites (N-methyl/N-ethyl adjacent to an activating group) is 2. The summed E-state index contributed by atoms with van der Waals surface area (Å²) < 4.78 is 7.86. The van der Waals surface area contributed by atoms with Gasteiger partial charge < -0.3 is 30.2 Å². The fourth-order valence-corrected chi connectivity index (χ4v) is 4.41. The second kappa shape index (κ2) is 9.95. The number of benzene rings is 1. The maximum atomic E-state index is 9.83. The van der Waals surface area contributed by atoms with Crippen LogP contribution in [0.15, 0.2) is 42.7 Å². The van der Waals surface area contributed by atoms with E-state index in [1.165, 1.54) is 0 Å². The van der Waals surface area contributed by atoms with Gasteiger partial charge in [-0.2, -0.15) is 10.2 Å². The first-order chi connectivity index (χ1) is 17.9. The van der Waals surface area contributed by atoms with E-state index in [1.807, 2.05) is 38.2 Å². The van der Waals surface area contributed by atoms with Crippen LogP contribution in [0.3, 0.4) is 0 Å². The Kier molecular flexibility index (Phi) is 6.54. The first-order valence-corrected chi connectivity index (χ1v) is 12.2. The number of anilines is 4. The monoisotopic (exact) mass is 497 g/mol. The number of para-hydroxylation sites is 1. The fourth-order valence-electron chi connectivity index (χ4n) is 4.41. The van der Waals surface area contributed by atoms with Gasteiger partial charge in [0.2, 0.25) is 11.8 Å². The first kappa shape index (κ1) is 24.3. The summed E-state index contributed by atoms with van der Waals surface area (Å²) in [6.45, 7) is 1.62. The van der Waals surface area contributed by atoms with Crippen LogP contribution in [0.2, 0.25) is 0 Å². The van der Waals surface area contributed by atoms with Crippen molar-refractivity contribution in [3.8, 4) is 23.2 Å². The molecule has 3 heterocycles. The van der Waals surface area contributed by atoms with Crippen LogP contribution in [0.1, 0.15) is 24.4 Å². The lowest BCUT2D eigenvalue weighted by Gasteiger charge is -2.23. The number of hydrogen-bond acceptors (Lipinski definition) is 9. The lowest BCUT2D eigenvalue weighted by molar-refractivity contribution is 0.398. The number of methoxy groups -OCH3 is 1. The molecule has 0 bridgehead atoms. The fraction of sp³-hybridized carbons (Fsp3) is 0.333. The maximum Gasteiger partial charge on any atom is 0.239 e. The number of nitrogens with zero attached hydrogens (tertiary/aromatic N) is 7. The van der Waals surface area contributed by atoms with E-state index >= 15 is 0 Å². The van der Waals surface area contributed by atoms with E-state index in [-0.39, 0.29) is 0 Å². The minimum Gasteiger partial charge on any atom is -0.479 e. The number of fused-ring (bicyclic) bond motifs is 1. The van der Waals surface area contributed by atoms with E-state index in [0.29, 0.717) is 46.3 Å². The highest BCUT2D eigenvalue weighted by Crippen LogP contribution is 2.42. The molecule has 10 nitrogen and oxygen atoms in total. The normalized spacial score (nSPS) is 13.1. The number of hydrogen-bond donors (Lipinski definition) is 2. The molecule has 1 aliphatic carbocycles. The molecule has 3 aromatic heterocycles. The molecule has 190 valence electrons. The Balaban J connectivity index is 1.51. The van der Waals surface area contributed by atoms with E-state index in [0.717, 1.165) is 42.4 Å². The van der Waals surface area contributed by atoms with Crippen molar-refractivity contribution in [3.05, 3.63) is 48.3 Å². The topological polar surface area (TPSA) is 121 Å². The number of nitrogens with one attached hydrogen (secondary N) is 1. The molecule has 1 saturated carbocycles. The summed E-state index contributed by atoms with van der Waals surface area (Å²) in [5, 5.41) is 14.1. The number of nitrogen functional groups attached to an aromatic ring is 1. The van der Waals surface area contributed by atoms with Gasteiger partial charge in [-0.25, -0.2) is 9.97 Å². The number of nitrogens with two attached hydrogens (primary N) is 1. The largest absolute Gasteiger partial charge is 0.479 e. The highest BCUT2D eigenvalue weighted by atomic mass is 16.5. The summed E-state index contributed by atoms with van der Waals surface area (Å²) in [5.74, 6) is 1.34. The van der Waals surface area contributed by atoms with E-state index in [4.69, 9.17) is 15.5 Å². The van der Waals surface area contributed by atoms with Gasteiger partial charge in [0.15, 0.2) is 5.82 Å². The Morgan fingerprint density at radius 2 is 1.97 bits per heavy atom.